The van der Waals surface area contributed by atoms with Crippen LogP contribution in [0, 0.1) is 5.92 Å². The van der Waals surface area contributed by atoms with E-state index in [1.54, 1.807) is 37.3 Å². The number of nitrogens with one attached hydrogen (secondary N) is 1. The van der Waals surface area contributed by atoms with Gasteiger partial charge in [0.25, 0.3) is 5.91 Å². The van der Waals surface area contributed by atoms with E-state index in [0.717, 1.165) is 25.9 Å². The van der Waals surface area contributed by atoms with Crippen LogP contribution in [0.3, 0.4) is 0 Å². The molecule has 0 radical (unpaired) electrons. The lowest BCUT2D eigenvalue weighted by Crippen LogP contribution is -2.46. The maximum Gasteiger partial charge on any atom is 0.257 e. The summed E-state index contributed by atoms with van der Waals surface area (Å²) < 4.78 is 11.9. The first-order chi connectivity index (χ1) is 14.8. The van der Waals surface area contributed by atoms with Gasteiger partial charge in [0.15, 0.2) is 0 Å². The lowest BCUT2D eigenvalue weighted by atomic mass is 10.0. The van der Waals surface area contributed by atoms with Crippen molar-refractivity contribution < 1.29 is 19.1 Å². The molecule has 0 fully saturated rings. The standard InChI is InChI=1S/C24H39N3O4/c1-7-9-23(28)25-19-10-11-21-20(13-19)24(29)26(5)15-22(30-6)17(3)14-27(12-8-2)18(4)16-31-21/h10-11,13,17-18,22H,7-9,12,14-16H2,1-6H3,(H,25,28)/t17-,18-,22-/m1/s1. The Morgan fingerprint density at radius 1 is 1.23 bits per heavy atom. The number of likely N-dealkylation sites (N-methyl/N-ethyl adjacent to an activating group) is 1. The van der Waals surface area contributed by atoms with E-state index in [9.17, 15) is 9.59 Å². The van der Waals surface area contributed by atoms with E-state index in [-0.39, 0.29) is 29.9 Å². The van der Waals surface area contributed by atoms with Crippen LogP contribution in [0.2, 0.25) is 0 Å². The van der Waals surface area contributed by atoms with Crippen molar-refractivity contribution in [2.24, 2.45) is 5.92 Å². The second-order valence-electron chi connectivity index (χ2n) is 8.60. The summed E-state index contributed by atoms with van der Waals surface area (Å²) >= 11 is 0. The number of carbonyl (C=O) groups excluding carboxylic acids is 2. The molecule has 0 aromatic heterocycles. The third-order valence-electron chi connectivity index (χ3n) is 5.85. The summed E-state index contributed by atoms with van der Waals surface area (Å²) in [5.74, 6) is 0.591. The van der Waals surface area contributed by atoms with Gasteiger partial charge in [-0.25, -0.2) is 0 Å². The monoisotopic (exact) mass is 433 g/mol. The van der Waals surface area contributed by atoms with Gasteiger partial charge < -0.3 is 19.7 Å². The number of nitrogens with zero attached hydrogens (tertiary/aromatic N) is 2. The first-order valence-corrected chi connectivity index (χ1v) is 11.4. The van der Waals surface area contributed by atoms with Gasteiger partial charge in [-0.2, -0.15) is 0 Å². The third-order valence-corrected chi connectivity index (χ3v) is 5.85. The molecule has 3 atom stereocenters. The Balaban J connectivity index is 2.38. The second-order valence-corrected chi connectivity index (χ2v) is 8.60. The normalized spacial score (nSPS) is 23.4. The molecule has 0 bridgehead atoms. The Labute approximate surface area is 187 Å². The Kier molecular flexibility index (Phi) is 9.78. The smallest absolute Gasteiger partial charge is 0.257 e. The molecule has 7 heteroatoms. The van der Waals surface area contributed by atoms with Crippen LogP contribution in [0.25, 0.3) is 0 Å². The maximum atomic E-state index is 13.3. The molecule has 7 nitrogen and oxygen atoms in total. The minimum Gasteiger partial charge on any atom is -0.491 e. The van der Waals surface area contributed by atoms with Crippen molar-refractivity contribution in [1.29, 1.82) is 0 Å². The summed E-state index contributed by atoms with van der Waals surface area (Å²) in [4.78, 5) is 29.4. The number of fused-ring (bicyclic) bond motifs is 1. The van der Waals surface area contributed by atoms with Crippen LogP contribution in [-0.4, -0.2) is 74.2 Å². The largest absolute Gasteiger partial charge is 0.491 e. The number of methoxy groups -OCH3 is 1. The highest BCUT2D eigenvalue weighted by Gasteiger charge is 2.28. The van der Waals surface area contributed by atoms with Gasteiger partial charge in [0.1, 0.15) is 12.4 Å². The first kappa shape index (κ1) is 25.1. The van der Waals surface area contributed by atoms with Crippen molar-refractivity contribution in [2.75, 3.05) is 45.7 Å². The minimum atomic E-state index is -0.144. The highest BCUT2D eigenvalue weighted by Crippen LogP contribution is 2.26. The Hall–Kier alpha value is -2.12. The topological polar surface area (TPSA) is 71.1 Å². The predicted octanol–water partition coefficient (Wildman–Crippen LogP) is 3.64. The molecule has 2 rings (SSSR count). The van der Waals surface area contributed by atoms with E-state index in [2.05, 4.69) is 31.0 Å². The fraction of sp³-hybridized carbons (Fsp3) is 0.667. The van der Waals surface area contributed by atoms with Gasteiger partial charge in [0, 0.05) is 45.4 Å². The van der Waals surface area contributed by atoms with Crippen LogP contribution in [0.5, 0.6) is 5.75 Å². The molecule has 1 aliphatic heterocycles. The quantitative estimate of drug-likeness (QED) is 0.742. The number of carbonyl (C=O) groups is 2. The number of benzene rings is 1. The van der Waals surface area contributed by atoms with Gasteiger partial charge in [-0.05, 0) is 50.4 Å². The van der Waals surface area contributed by atoms with Gasteiger partial charge in [0.2, 0.25) is 5.91 Å². The van der Waals surface area contributed by atoms with Crippen molar-refractivity contribution in [3.8, 4) is 5.75 Å². The van der Waals surface area contributed by atoms with Gasteiger partial charge >= 0.3 is 0 Å². The lowest BCUT2D eigenvalue weighted by molar-refractivity contribution is -0.116. The van der Waals surface area contributed by atoms with Crippen molar-refractivity contribution in [2.45, 2.75) is 59.1 Å². The lowest BCUT2D eigenvalue weighted by Gasteiger charge is -2.35. The van der Waals surface area contributed by atoms with Crippen LogP contribution in [0.4, 0.5) is 5.69 Å². The van der Waals surface area contributed by atoms with Crippen molar-refractivity contribution >= 4 is 17.5 Å². The van der Waals surface area contributed by atoms with E-state index in [0.29, 0.717) is 36.6 Å². The van der Waals surface area contributed by atoms with Gasteiger partial charge in [-0.1, -0.05) is 20.8 Å². The highest BCUT2D eigenvalue weighted by molar-refractivity contribution is 5.99. The molecule has 0 unspecified atom stereocenters. The molecule has 1 N–H and O–H groups in total. The Morgan fingerprint density at radius 2 is 1.97 bits per heavy atom. The third kappa shape index (κ3) is 6.94. The molecule has 2 amide bonds. The van der Waals surface area contributed by atoms with Crippen molar-refractivity contribution in [3.63, 3.8) is 0 Å². The summed E-state index contributed by atoms with van der Waals surface area (Å²) in [6, 6.07) is 5.48. The fourth-order valence-electron chi connectivity index (χ4n) is 3.98. The SMILES string of the molecule is CCCC(=O)Nc1ccc2c(c1)C(=O)N(C)C[C@@H](OC)[C@H](C)CN(CCC)[C@H](C)CO2. The molecule has 0 saturated heterocycles. The van der Waals surface area contributed by atoms with Gasteiger partial charge in [-0.3, -0.25) is 14.5 Å². The number of rotatable bonds is 6. The predicted molar refractivity (Wildman–Crippen MR) is 124 cm³/mol. The molecule has 174 valence electrons. The van der Waals surface area contributed by atoms with E-state index < -0.39 is 0 Å². The summed E-state index contributed by atoms with van der Waals surface area (Å²) in [6.45, 7) is 11.3. The van der Waals surface area contributed by atoms with Crippen molar-refractivity contribution in [3.05, 3.63) is 23.8 Å². The van der Waals surface area contributed by atoms with Crippen LogP contribution in [0.15, 0.2) is 18.2 Å². The zero-order valence-corrected chi connectivity index (χ0v) is 19.9. The van der Waals surface area contributed by atoms with Crippen LogP contribution >= 0.6 is 0 Å². The average molecular weight is 434 g/mol. The van der Waals surface area contributed by atoms with E-state index in [4.69, 9.17) is 9.47 Å². The second kappa shape index (κ2) is 12.1. The number of hydrogen-bond acceptors (Lipinski definition) is 5. The van der Waals surface area contributed by atoms with E-state index in [1.807, 2.05) is 6.92 Å². The van der Waals surface area contributed by atoms with Crippen molar-refractivity contribution in [1.82, 2.24) is 9.80 Å². The molecule has 0 spiro atoms. The van der Waals surface area contributed by atoms with Gasteiger partial charge in [0.05, 0.1) is 11.7 Å². The average Bonchev–Trinajstić information content (AvgIpc) is 2.74. The van der Waals surface area contributed by atoms with Gasteiger partial charge in [-0.15, -0.1) is 0 Å². The number of hydrogen-bond donors (Lipinski definition) is 1. The fourth-order valence-corrected chi connectivity index (χ4v) is 3.98. The molecule has 0 saturated carbocycles. The maximum absolute atomic E-state index is 13.3. The molecule has 1 aromatic rings. The number of amides is 2. The zero-order valence-electron chi connectivity index (χ0n) is 19.9. The van der Waals surface area contributed by atoms with E-state index in [1.165, 1.54) is 0 Å². The molecule has 1 heterocycles. The summed E-state index contributed by atoms with van der Waals surface area (Å²) in [6.07, 6.45) is 2.20. The highest BCUT2D eigenvalue weighted by atomic mass is 16.5. The Bertz CT molecular complexity index is 740. The number of ether oxygens (including phenoxy) is 2. The molecule has 1 aliphatic rings. The molecular formula is C24H39N3O4. The Morgan fingerprint density at radius 3 is 2.61 bits per heavy atom. The van der Waals surface area contributed by atoms with Crippen LogP contribution < -0.4 is 10.1 Å². The minimum absolute atomic E-state index is 0.0607. The van der Waals surface area contributed by atoms with E-state index >= 15 is 0 Å². The summed E-state index contributed by atoms with van der Waals surface area (Å²) in [5, 5.41) is 2.88. The molecule has 31 heavy (non-hydrogen) atoms. The zero-order chi connectivity index (χ0) is 23.0. The summed E-state index contributed by atoms with van der Waals surface area (Å²) in [5.41, 5.74) is 1.06. The first-order valence-electron chi connectivity index (χ1n) is 11.4. The van der Waals surface area contributed by atoms with Crippen LogP contribution in [-0.2, 0) is 9.53 Å². The molecule has 0 aliphatic carbocycles. The molecular weight excluding hydrogens is 394 g/mol. The number of anilines is 1. The van der Waals surface area contributed by atoms with Crippen LogP contribution in [0.1, 0.15) is 57.3 Å². The molecule has 1 aromatic carbocycles. The summed E-state index contributed by atoms with van der Waals surface area (Å²) in [7, 11) is 3.49.